The van der Waals surface area contributed by atoms with Crippen LogP contribution in [0.15, 0.2) is 71.9 Å². The van der Waals surface area contributed by atoms with Crippen LogP contribution in [0.25, 0.3) is 6.08 Å². The first-order valence-electron chi connectivity index (χ1n) is 9.30. The summed E-state index contributed by atoms with van der Waals surface area (Å²) < 4.78 is 32.4. The Balaban J connectivity index is 1.58. The van der Waals surface area contributed by atoms with Crippen LogP contribution in [0.4, 0.5) is 11.5 Å². The predicted octanol–water partition coefficient (Wildman–Crippen LogP) is 3.47. The van der Waals surface area contributed by atoms with Gasteiger partial charge in [0.1, 0.15) is 12.1 Å². The SMILES string of the molecule is COc1cc(NS(=O)(=O)c2ccc(NC(=S)NC(=O)/C=C/c3ccccc3Cl)cc2)ncn1. The van der Waals surface area contributed by atoms with Crippen LogP contribution in [0.5, 0.6) is 5.88 Å². The van der Waals surface area contributed by atoms with Crippen molar-refractivity contribution >= 4 is 62.4 Å². The highest BCUT2D eigenvalue weighted by molar-refractivity contribution is 7.92. The highest BCUT2D eigenvalue weighted by Crippen LogP contribution is 2.19. The molecule has 0 radical (unpaired) electrons. The smallest absolute Gasteiger partial charge is 0.263 e. The summed E-state index contributed by atoms with van der Waals surface area (Å²) >= 11 is 11.2. The molecule has 2 aromatic carbocycles. The van der Waals surface area contributed by atoms with E-state index in [0.717, 1.165) is 0 Å². The molecule has 3 rings (SSSR count). The summed E-state index contributed by atoms with van der Waals surface area (Å²) in [6.45, 7) is 0. The third-order valence-electron chi connectivity index (χ3n) is 4.07. The van der Waals surface area contributed by atoms with Crippen LogP contribution >= 0.6 is 23.8 Å². The molecule has 1 aromatic heterocycles. The van der Waals surface area contributed by atoms with E-state index in [1.165, 1.54) is 49.8 Å². The molecule has 3 N–H and O–H groups in total. The van der Waals surface area contributed by atoms with Gasteiger partial charge in [-0.2, -0.15) is 0 Å². The molecule has 12 heteroatoms. The van der Waals surface area contributed by atoms with Gasteiger partial charge < -0.3 is 10.1 Å². The number of methoxy groups -OCH3 is 1. The van der Waals surface area contributed by atoms with Crippen LogP contribution < -0.4 is 20.1 Å². The van der Waals surface area contributed by atoms with Crippen molar-refractivity contribution in [2.45, 2.75) is 4.90 Å². The average Bonchev–Trinajstić information content (AvgIpc) is 2.78. The molecule has 3 aromatic rings. The summed E-state index contributed by atoms with van der Waals surface area (Å²) in [6, 6.07) is 14.2. The molecule has 0 saturated heterocycles. The van der Waals surface area contributed by atoms with E-state index in [2.05, 4.69) is 25.3 Å². The van der Waals surface area contributed by atoms with Crippen LogP contribution in [0.3, 0.4) is 0 Å². The second kappa shape index (κ2) is 10.9. The van der Waals surface area contributed by atoms with Crippen molar-refractivity contribution in [3.05, 3.63) is 77.6 Å². The van der Waals surface area contributed by atoms with Crippen molar-refractivity contribution in [2.75, 3.05) is 17.1 Å². The molecule has 1 heterocycles. The fourth-order valence-electron chi connectivity index (χ4n) is 2.51. The molecule has 9 nitrogen and oxygen atoms in total. The van der Waals surface area contributed by atoms with Gasteiger partial charge in [0.2, 0.25) is 11.8 Å². The van der Waals surface area contributed by atoms with E-state index >= 15 is 0 Å². The number of anilines is 2. The Kier molecular flexibility index (Phi) is 7.93. The molecule has 0 aliphatic rings. The number of carbonyl (C=O) groups is 1. The fourth-order valence-corrected chi connectivity index (χ4v) is 3.93. The lowest BCUT2D eigenvalue weighted by atomic mass is 10.2. The highest BCUT2D eigenvalue weighted by atomic mass is 35.5. The molecular formula is C21H18ClN5O4S2. The van der Waals surface area contributed by atoms with E-state index in [-0.39, 0.29) is 21.7 Å². The first kappa shape index (κ1) is 24.1. The lowest BCUT2D eigenvalue weighted by molar-refractivity contribution is -0.115. The summed E-state index contributed by atoms with van der Waals surface area (Å²) in [7, 11) is -2.47. The summed E-state index contributed by atoms with van der Waals surface area (Å²) in [6.07, 6.45) is 4.06. The van der Waals surface area contributed by atoms with Gasteiger partial charge in [-0.25, -0.2) is 18.4 Å². The number of benzene rings is 2. The van der Waals surface area contributed by atoms with Crippen LogP contribution in [-0.2, 0) is 14.8 Å². The van der Waals surface area contributed by atoms with Gasteiger partial charge in [-0.05, 0) is 54.2 Å². The minimum absolute atomic E-state index is 0.00301. The zero-order chi connectivity index (χ0) is 23.8. The monoisotopic (exact) mass is 503 g/mol. The summed E-state index contributed by atoms with van der Waals surface area (Å²) in [5.41, 5.74) is 1.18. The Morgan fingerprint density at radius 1 is 1.12 bits per heavy atom. The van der Waals surface area contributed by atoms with Gasteiger partial charge in [-0.3, -0.25) is 14.8 Å². The zero-order valence-corrected chi connectivity index (χ0v) is 19.5. The van der Waals surface area contributed by atoms with E-state index in [0.29, 0.717) is 16.3 Å². The van der Waals surface area contributed by atoms with E-state index in [1.807, 2.05) is 0 Å². The maximum Gasteiger partial charge on any atom is 0.263 e. The van der Waals surface area contributed by atoms with E-state index < -0.39 is 15.9 Å². The maximum atomic E-state index is 12.6. The Hall–Kier alpha value is -3.54. The minimum Gasteiger partial charge on any atom is -0.481 e. The van der Waals surface area contributed by atoms with Crippen molar-refractivity contribution < 1.29 is 17.9 Å². The predicted molar refractivity (Wildman–Crippen MR) is 131 cm³/mol. The van der Waals surface area contributed by atoms with Crippen molar-refractivity contribution in [1.82, 2.24) is 15.3 Å². The van der Waals surface area contributed by atoms with Gasteiger partial charge in [-0.1, -0.05) is 29.8 Å². The number of amides is 1. The van der Waals surface area contributed by atoms with Gasteiger partial charge in [-0.15, -0.1) is 0 Å². The van der Waals surface area contributed by atoms with Crippen molar-refractivity contribution in [2.24, 2.45) is 0 Å². The molecule has 0 atom stereocenters. The van der Waals surface area contributed by atoms with E-state index in [9.17, 15) is 13.2 Å². The number of rotatable bonds is 7. The van der Waals surface area contributed by atoms with Gasteiger partial charge in [0.05, 0.1) is 12.0 Å². The zero-order valence-electron chi connectivity index (χ0n) is 17.2. The van der Waals surface area contributed by atoms with Gasteiger partial charge in [0.15, 0.2) is 5.11 Å². The number of thiocarbonyl (C=S) groups is 1. The maximum absolute atomic E-state index is 12.6. The number of nitrogens with zero attached hydrogens (tertiary/aromatic N) is 2. The Morgan fingerprint density at radius 2 is 1.85 bits per heavy atom. The first-order valence-corrected chi connectivity index (χ1v) is 11.6. The lowest BCUT2D eigenvalue weighted by Crippen LogP contribution is -2.32. The number of ether oxygens (including phenoxy) is 1. The summed E-state index contributed by atoms with van der Waals surface area (Å²) in [4.78, 5) is 19.7. The number of sulfonamides is 1. The van der Waals surface area contributed by atoms with E-state index in [1.54, 1.807) is 30.3 Å². The molecule has 33 heavy (non-hydrogen) atoms. The van der Waals surface area contributed by atoms with Crippen molar-refractivity contribution in [3.8, 4) is 5.88 Å². The molecule has 0 saturated carbocycles. The van der Waals surface area contributed by atoms with Gasteiger partial charge >= 0.3 is 0 Å². The third-order valence-corrected chi connectivity index (χ3v) is 5.99. The molecule has 0 aliphatic carbocycles. The number of hydrogen-bond acceptors (Lipinski definition) is 7. The summed E-state index contributed by atoms with van der Waals surface area (Å²) in [5.74, 6) is -0.159. The Bertz CT molecular complexity index is 1300. The fraction of sp³-hybridized carbons (Fsp3) is 0.0476. The van der Waals surface area contributed by atoms with Crippen molar-refractivity contribution in [1.29, 1.82) is 0 Å². The number of aromatic nitrogens is 2. The van der Waals surface area contributed by atoms with Gasteiger partial charge in [0.25, 0.3) is 10.0 Å². The van der Waals surface area contributed by atoms with Crippen LogP contribution in [-0.4, -0.2) is 36.5 Å². The normalized spacial score (nSPS) is 11.1. The number of hydrogen-bond donors (Lipinski definition) is 3. The van der Waals surface area contributed by atoms with Crippen LogP contribution in [0.2, 0.25) is 5.02 Å². The second-order valence-electron chi connectivity index (χ2n) is 6.37. The average molecular weight is 504 g/mol. The third kappa shape index (κ3) is 6.97. The molecule has 170 valence electrons. The number of carbonyl (C=O) groups excluding carboxylic acids is 1. The van der Waals surface area contributed by atoms with Crippen molar-refractivity contribution in [3.63, 3.8) is 0 Å². The van der Waals surface area contributed by atoms with E-state index in [4.69, 9.17) is 28.6 Å². The Morgan fingerprint density at radius 3 is 2.55 bits per heavy atom. The lowest BCUT2D eigenvalue weighted by Gasteiger charge is -2.10. The number of halogens is 1. The van der Waals surface area contributed by atoms with Crippen LogP contribution in [0.1, 0.15) is 5.56 Å². The summed E-state index contributed by atoms with van der Waals surface area (Å²) in [5, 5.41) is 5.88. The minimum atomic E-state index is -3.89. The first-order chi connectivity index (χ1) is 15.8. The molecule has 0 unspecified atom stereocenters. The molecule has 0 aliphatic heterocycles. The quantitative estimate of drug-likeness (QED) is 0.331. The Labute approximate surface area is 200 Å². The topological polar surface area (TPSA) is 122 Å². The molecule has 0 spiro atoms. The molecule has 0 fully saturated rings. The second-order valence-corrected chi connectivity index (χ2v) is 8.87. The highest BCUT2D eigenvalue weighted by Gasteiger charge is 2.15. The largest absolute Gasteiger partial charge is 0.481 e. The molecule has 1 amide bonds. The standard InChI is InChI=1S/C21H18ClN5O4S2/c1-31-20-12-18(23-13-24-20)27-33(29,30)16-9-7-15(8-10-16)25-21(32)26-19(28)11-6-14-4-2-3-5-17(14)22/h2-13H,1H3,(H,23,24,27)(H2,25,26,28,32)/b11-6+. The van der Waals surface area contributed by atoms with Crippen LogP contribution in [0, 0.1) is 0 Å². The number of nitrogens with one attached hydrogen (secondary N) is 3. The van der Waals surface area contributed by atoms with Gasteiger partial charge in [0, 0.05) is 22.9 Å². The molecular weight excluding hydrogens is 486 g/mol. The molecule has 0 bridgehead atoms.